The zero-order valence-corrected chi connectivity index (χ0v) is 23.4. The van der Waals surface area contributed by atoms with Gasteiger partial charge in [-0.05, 0) is 66.9 Å². The summed E-state index contributed by atoms with van der Waals surface area (Å²) in [5, 5.41) is 0. The van der Waals surface area contributed by atoms with E-state index < -0.39 is 0 Å². The summed E-state index contributed by atoms with van der Waals surface area (Å²) in [6.07, 6.45) is 35.9. The summed E-state index contributed by atoms with van der Waals surface area (Å²) in [5.41, 5.74) is 1.49. The van der Waals surface area contributed by atoms with Gasteiger partial charge in [0.15, 0.2) is 0 Å². The first-order valence-electron chi connectivity index (χ1n) is 14.5. The quantitative estimate of drug-likeness (QED) is 0.231. The normalized spacial score (nSPS) is 21.7. The largest absolute Gasteiger partial charge is 0.367 e. The Morgan fingerprint density at radius 3 is 1.59 bits per heavy atom. The van der Waals surface area contributed by atoms with Crippen molar-refractivity contribution >= 4 is 0 Å². The van der Waals surface area contributed by atoms with Gasteiger partial charge in [0.05, 0.1) is 0 Å². The summed E-state index contributed by atoms with van der Waals surface area (Å²) < 4.78 is 0. The number of aromatic amines is 1. The molecule has 4 fully saturated rings. The standard InChI is InChI=1S/C19H31N.C11H20.CH4.2Fe/c1(7-16-13-14-20-15-16)6-12-19(17-8-2-3-9-17)18-10-4-5-11-18;1-2-6-10(5-1)9-11-7-3-4-8-11;;;/h13-15,17-20H,1-12H2;10-11H,1-9H2;1H4;;. The van der Waals surface area contributed by atoms with Crippen molar-refractivity contribution in [3.05, 3.63) is 24.0 Å². The van der Waals surface area contributed by atoms with Crippen LogP contribution in [0.1, 0.15) is 141 Å². The minimum Gasteiger partial charge on any atom is -0.367 e. The van der Waals surface area contributed by atoms with E-state index in [2.05, 4.69) is 23.4 Å². The Hall–Kier alpha value is 0.319. The fraction of sp³-hybridized carbons (Fsp3) is 0.871. The first kappa shape index (κ1) is 32.3. The fourth-order valence-corrected chi connectivity index (χ4v) is 7.81. The maximum absolute atomic E-state index is 3.17. The van der Waals surface area contributed by atoms with Gasteiger partial charge in [-0.25, -0.2) is 0 Å². The minimum atomic E-state index is 0. The third kappa shape index (κ3) is 10.7. The molecular formula is C31H55Fe2N. The third-order valence-electron chi connectivity index (χ3n) is 9.54. The molecule has 0 unspecified atom stereocenters. The second kappa shape index (κ2) is 18.5. The number of aromatic nitrogens is 1. The molecule has 200 valence electrons. The molecule has 0 aliphatic heterocycles. The van der Waals surface area contributed by atoms with Crippen molar-refractivity contribution in [2.45, 2.75) is 142 Å². The molecule has 4 saturated carbocycles. The predicted molar refractivity (Wildman–Crippen MR) is 141 cm³/mol. The fourth-order valence-electron chi connectivity index (χ4n) is 7.81. The number of aryl methyl sites for hydroxylation is 1. The van der Waals surface area contributed by atoms with Gasteiger partial charge in [-0.2, -0.15) is 0 Å². The van der Waals surface area contributed by atoms with Gasteiger partial charge in [-0.3, -0.25) is 0 Å². The van der Waals surface area contributed by atoms with Crippen LogP contribution in [0.2, 0.25) is 0 Å². The molecule has 0 bridgehead atoms. The van der Waals surface area contributed by atoms with Crippen molar-refractivity contribution < 1.29 is 34.1 Å². The smallest absolute Gasteiger partial charge is 0.00373 e. The second-order valence-electron chi connectivity index (χ2n) is 11.8. The van der Waals surface area contributed by atoms with Gasteiger partial charge in [-0.15, -0.1) is 0 Å². The molecular weight excluding hydrogens is 498 g/mol. The molecule has 4 aliphatic carbocycles. The molecule has 0 radical (unpaired) electrons. The monoisotopic (exact) mass is 553 g/mol. The Kier molecular flexibility index (Phi) is 17.6. The molecule has 0 saturated heterocycles. The van der Waals surface area contributed by atoms with Crippen molar-refractivity contribution in [3.8, 4) is 0 Å². The third-order valence-corrected chi connectivity index (χ3v) is 9.54. The molecule has 0 atom stereocenters. The van der Waals surface area contributed by atoms with Gasteiger partial charge in [-0.1, -0.05) is 117 Å². The topological polar surface area (TPSA) is 15.8 Å². The van der Waals surface area contributed by atoms with Crippen LogP contribution in [-0.4, -0.2) is 4.98 Å². The summed E-state index contributed by atoms with van der Waals surface area (Å²) >= 11 is 0. The van der Waals surface area contributed by atoms with E-state index in [-0.39, 0.29) is 41.6 Å². The molecule has 1 aromatic heterocycles. The van der Waals surface area contributed by atoms with Crippen LogP contribution < -0.4 is 0 Å². The van der Waals surface area contributed by atoms with E-state index in [0.29, 0.717) is 0 Å². The first-order chi connectivity index (χ1) is 15.4. The van der Waals surface area contributed by atoms with E-state index in [9.17, 15) is 0 Å². The molecule has 0 aromatic carbocycles. The number of rotatable bonds is 9. The number of nitrogens with one attached hydrogen (secondary N) is 1. The average Bonchev–Trinajstić information content (AvgIpc) is 3.62. The van der Waals surface area contributed by atoms with Crippen LogP contribution in [-0.2, 0) is 40.6 Å². The maximum Gasteiger partial charge on any atom is 0.00373 e. The summed E-state index contributed by atoms with van der Waals surface area (Å²) in [4.78, 5) is 3.17. The summed E-state index contributed by atoms with van der Waals surface area (Å²) in [6.45, 7) is 0. The zero-order chi connectivity index (χ0) is 21.1. The summed E-state index contributed by atoms with van der Waals surface area (Å²) in [5.74, 6) is 5.53. The Morgan fingerprint density at radius 2 is 1.15 bits per heavy atom. The summed E-state index contributed by atoms with van der Waals surface area (Å²) in [6, 6.07) is 2.23. The molecule has 4 aliphatic rings. The molecule has 34 heavy (non-hydrogen) atoms. The van der Waals surface area contributed by atoms with Crippen molar-refractivity contribution in [2.24, 2.45) is 29.6 Å². The Morgan fingerprint density at radius 1 is 0.676 bits per heavy atom. The van der Waals surface area contributed by atoms with Crippen molar-refractivity contribution in [2.75, 3.05) is 0 Å². The first-order valence-corrected chi connectivity index (χ1v) is 14.5. The van der Waals surface area contributed by atoms with Gasteiger partial charge in [0, 0.05) is 46.5 Å². The van der Waals surface area contributed by atoms with E-state index in [1.807, 2.05) is 0 Å². The number of hydrogen-bond donors (Lipinski definition) is 1. The van der Waals surface area contributed by atoms with Crippen LogP contribution in [0.4, 0.5) is 0 Å². The van der Waals surface area contributed by atoms with Crippen LogP contribution >= 0.6 is 0 Å². The number of H-pyrrole nitrogens is 1. The van der Waals surface area contributed by atoms with E-state index in [4.69, 9.17) is 0 Å². The van der Waals surface area contributed by atoms with Crippen molar-refractivity contribution in [1.82, 2.24) is 4.98 Å². The SMILES string of the molecule is C.C1CCC(CC2CCCC2)C1.[Fe].[Fe].c1cc(CCCCC(C2CCCC2)C2CCCC2)c[nH]1. The predicted octanol–water partition coefficient (Wildman–Crippen LogP) is 10.1. The molecule has 5 rings (SSSR count). The Balaban J connectivity index is 0.000000356. The zero-order valence-electron chi connectivity index (χ0n) is 21.2. The van der Waals surface area contributed by atoms with Crippen molar-refractivity contribution in [3.63, 3.8) is 0 Å². The molecule has 1 heterocycles. The van der Waals surface area contributed by atoms with Crippen LogP contribution in [0.3, 0.4) is 0 Å². The van der Waals surface area contributed by atoms with Crippen LogP contribution in [0.25, 0.3) is 0 Å². The maximum atomic E-state index is 3.17. The molecule has 1 aromatic rings. The molecule has 1 N–H and O–H groups in total. The number of unbranched alkanes of at least 4 members (excludes halogenated alkanes) is 1. The van der Waals surface area contributed by atoms with Gasteiger partial charge in [0.25, 0.3) is 0 Å². The second-order valence-corrected chi connectivity index (χ2v) is 11.8. The van der Waals surface area contributed by atoms with E-state index in [1.165, 1.54) is 82.6 Å². The van der Waals surface area contributed by atoms with Crippen LogP contribution in [0.5, 0.6) is 0 Å². The summed E-state index contributed by atoms with van der Waals surface area (Å²) in [7, 11) is 0. The Bertz CT molecular complexity index is 532. The van der Waals surface area contributed by atoms with Gasteiger partial charge < -0.3 is 4.98 Å². The molecule has 0 spiro atoms. The molecule has 0 amide bonds. The average molecular weight is 553 g/mol. The Labute approximate surface area is 234 Å². The van der Waals surface area contributed by atoms with E-state index >= 15 is 0 Å². The van der Waals surface area contributed by atoms with Crippen LogP contribution in [0, 0.1) is 29.6 Å². The molecule has 3 heteroatoms. The van der Waals surface area contributed by atoms with Crippen LogP contribution in [0.15, 0.2) is 18.5 Å². The van der Waals surface area contributed by atoms with E-state index in [1.54, 1.807) is 57.8 Å². The van der Waals surface area contributed by atoms with Gasteiger partial charge >= 0.3 is 0 Å². The minimum absolute atomic E-state index is 0. The van der Waals surface area contributed by atoms with Gasteiger partial charge in [0.1, 0.15) is 0 Å². The van der Waals surface area contributed by atoms with E-state index in [0.717, 1.165) is 29.6 Å². The van der Waals surface area contributed by atoms with Gasteiger partial charge in [0.2, 0.25) is 0 Å². The van der Waals surface area contributed by atoms with Crippen molar-refractivity contribution in [1.29, 1.82) is 0 Å². The molecule has 1 nitrogen and oxygen atoms in total. The number of hydrogen-bond acceptors (Lipinski definition) is 0.